The lowest BCUT2D eigenvalue weighted by Crippen LogP contribution is -2.51. The largest absolute Gasteiger partial charge is 0.332 e. The molecule has 2 aromatic carbocycles. The summed E-state index contributed by atoms with van der Waals surface area (Å²) in [6.45, 7) is 2.90. The van der Waals surface area contributed by atoms with Crippen LogP contribution in [0.5, 0.6) is 0 Å². The fourth-order valence-electron chi connectivity index (χ4n) is 4.18. The highest BCUT2D eigenvalue weighted by molar-refractivity contribution is 5.91. The number of ketones is 1. The van der Waals surface area contributed by atoms with Gasteiger partial charge in [-0.15, -0.1) is 0 Å². The molecule has 0 N–H and O–H groups in total. The summed E-state index contributed by atoms with van der Waals surface area (Å²) < 4.78 is 0. The minimum atomic E-state index is -0.285. The van der Waals surface area contributed by atoms with Crippen LogP contribution in [0.4, 0.5) is 0 Å². The van der Waals surface area contributed by atoms with Gasteiger partial charge in [0.25, 0.3) is 0 Å². The molecule has 0 saturated carbocycles. The molecule has 28 heavy (non-hydrogen) atoms. The Morgan fingerprint density at radius 3 is 2.14 bits per heavy atom. The van der Waals surface area contributed by atoms with Gasteiger partial charge >= 0.3 is 0 Å². The summed E-state index contributed by atoms with van der Waals surface area (Å²) in [5, 5.41) is 0. The van der Waals surface area contributed by atoms with Crippen LogP contribution >= 0.6 is 0 Å². The molecule has 1 saturated heterocycles. The molecule has 1 amide bonds. The van der Waals surface area contributed by atoms with Crippen LogP contribution in [-0.4, -0.2) is 29.2 Å². The van der Waals surface area contributed by atoms with Gasteiger partial charge in [-0.05, 0) is 29.9 Å². The number of unbranched alkanes of at least 4 members (excludes halogenated alkanes) is 1. The lowest BCUT2D eigenvalue weighted by Gasteiger charge is -2.39. The summed E-state index contributed by atoms with van der Waals surface area (Å²) in [5.74, 6) is 0.797. The highest BCUT2D eigenvalue weighted by Crippen LogP contribution is 2.29. The number of rotatable bonds is 8. The summed E-state index contributed by atoms with van der Waals surface area (Å²) in [6, 6.07) is 19.4. The molecular weight excluding hydrogens is 346 g/mol. The molecule has 2 unspecified atom stereocenters. The Morgan fingerprint density at radius 2 is 1.54 bits per heavy atom. The number of Topliss-reactive ketones (excluding diaryl/α,β-unsaturated/α-hetero) is 1. The molecule has 0 aliphatic carbocycles. The molecule has 0 aromatic heterocycles. The second kappa shape index (κ2) is 10.2. The summed E-state index contributed by atoms with van der Waals surface area (Å²) in [6.07, 6.45) is 6.13. The number of piperidine rings is 1. The van der Waals surface area contributed by atoms with E-state index in [2.05, 4.69) is 6.92 Å². The molecule has 0 radical (unpaired) electrons. The van der Waals surface area contributed by atoms with Crippen molar-refractivity contribution in [2.75, 3.05) is 6.54 Å². The first kappa shape index (κ1) is 20.3. The average Bonchev–Trinajstić information content (AvgIpc) is 2.73. The topological polar surface area (TPSA) is 37.4 Å². The number of benzene rings is 2. The second-order valence-electron chi connectivity index (χ2n) is 7.93. The fourth-order valence-corrected chi connectivity index (χ4v) is 4.18. The van der Waals surface area contributed by atoms with E-state index in [1.807, 2.05) is 65.6 Å². The lowest BCUT2D eigenvalue weighted by molar-refractivity contribution is -0.141. The minimum absolute atomic E-state index is 0.0755. The molecule has 0 spiro atoms. The molecule has 2 aromatic rings. The van der Waals surface area contributed by atoms with Crippen molar-refractivity contribution in [3.8, 4) is 0 Å². The Hall–Kier alpha value is -2.42. The van der Waals surface area contributed by atoms with Crippen molar-refractivity contribution in [2.24, 2.45) is 5.92 Å². The predicted molar refractivity (Wildman–Crippen MR) is 113 cm³/mol. The first-order valence-corrected chi connectivity index (χ1v) is 10.6. The van der Waals surface area contributed by atoms with Gasteiger partial charge in [-0.25, -0.2) is 0 Å². The zero-order chi connectivity index (χ0) is 19.8. The monoisotopic (exact) mass is 377 g/mol. The van der Waals surface area contributed by atoms with Gasteiger partial charge in [0.2, 0.25) is 5.91 Å². The first-order valence-electron chi connectivity index (χ1n) is 10.6. The first-order chi connectivity index (χ1) is 13.7. The number of carbonyl (C=O) groups excluding carboxylic acids is 2. The van der Waals surface area contributed by atoms with Crippen LogP contribution in [0.25, 0.3) is 0 Å². The van der Waals surface area contributed by atoms with Gasteiger partial charge < -0.3 is 4.90 Å². The van der Waals surface area contributed by atoms with Crippen molar-refractivity contribution in [3.05, 3.63) is 71.8 Å². The lowest BCUT2D eigenvalue weighted by atomic mass is 9.84. The second-order valence-corrected chi connectivity index (χ2v) is 7.93. The zero-order valence-corrected chi connectivity index (χ0v) is 16.8. The fraction of sp³-hybridized carbons (Fsp3) is 0.440. The number of carbonyl (C=O) groups is 2. The van der Waals surface area contributed by atoms with Crippen LogP contribution in [0.1, 0.15) is 50.2 Å². The van der Waals surface area contributed by atoms with E-state index >= 15 is 0 Å². The molecule has 3 rings (SSSR count). The van der Waals surface area contributed by atoms with Crippen molar-refractivity contribution in [1.29, 1.82) is 0 Å². The Kier molecular flexibility index (Phi) is 7.41. The maximum Gasteiger partial charge on any atom is 0.227 e. The van der Waals surface area contributed by atoms with E-state index in [4.69, 9.17) is 0 Å². The van der Waals surface area contributed by atoms with E-state index in [9.17, 15) is 9.59 Å². The van der Waals surface area contributed by atoms with E-state index < -0.39 is 0 Å². The van der Waals surface area contributed by atoms with Crippen LogP contribution in [0.2, 0.25) is 0 Å². The van der Waals surface area contributed by atoms with E-state index in [0.717, 1.165) is 30.4 Å². The Labute approximate surface area is 168 Å². The average molecular weight is 378 g/mol. The van der Waals surface area contributed by atoms with Crippen LogP contribution in [0, 0.1) is 5.92 Å². The van der Waals surface area contributed by atoms with Crippen LogP contribution in [0.15, 0.2) is 60.7 Å². The number of likely N-dealkylation sites (tertiary alicyclic amines) is 1. The van der Waals surface area contributed by atoms with Crippen LogP contribution in [-0.2, 0) is 22.4 Å². The van der Waals surface area contributed by atoms with Gasteiger partial charge in [-0.2, -0.15) is 0 Å². The number of nitrogens with zero attached hydrogens (tertiary/aromatic N) is 1. The number of hydrogen-bond acceptors (Lipinski definition) is 2. The molecule has 0 bridgehead atoms. The third kappa shape index (κ3) is 5.54. The van der Waals surface area contributed by atoms with E-state index in [1.165, 1.54) is 12.8 Å². The quantitative estimate of drug-likeness (QED) is 0.660. The highest BCUT2D eigenvalue weighted by Gasteiger charge is 2.35. The van der Waals surface area contributed by atoms with Gasteiger partial charge in [0.05, 0.1) is 12.5 Å². The minimum Gasteiger partial charge on any atom is -0.332 e. The van der Waals surface area contributed by atoms with E-state index in [1.54, 1.807) is 0 Å². The number of hydrogen-bond donors (Lipinski definition) is 0. The standard InChI is InChI=1S/C25H31NO2/c1-2-3-10-22-15-16-26(25(28)19-21-13-8-5-9-14-21)23(17-22)24(27)18-20-11-6-4-7-12-20/h4-9,11-14,22-23H,2-3,10,15-19H2,1H3. The predicted octanol–water partition coefficient (Wildman–Crippen LogP) is 4.84. The molecule has 3 nitrogen and oxygen atoms in total. The normalized spacial score (nSPS) is 19.4. The smallest absolute Gasteiger partial charge is 0.227 e. The molecule has 1 aliphatic rings. The summed E-state index contributed by atoms with van der Waals surface area (Å²) in [5.41, 5.74) is 2.04. The molecule has 1 aliphatic heterocycles. The zero-order valence-electron chi connectivity index (χ0n) is 16.8. The van der Waals surface area contributed by atoms with E-state index in [0.29, 0.717) is 25.3 Å². The van der Waals surface area contributed by atoms with Crippen molar-refractivity contribution in [1.82, 2.24) is 4.90 Å². The SMILES string of the molecule is CCCCC1CCN(C(=O)Cc2ccccc2)C(C(=O)Cc2ccccc2)C1. The van der Waals surface area contributed by atoms with E-state index in [-0.39, 0.29) is 17.7 Å². The van der Waals surface area contributed by atoms with Crippen molar-refractivity contribution in [3.63, 3.8) is 0 Å². The van der Waals surface area contributed by atoms with Crippen LogP contribution in [0.3, 0.4) is 0 Å². The van der Waals surface area contributed by atoms with Gasteiger partial charge in [0, 0.05) is 13.0 Å². The maximum atomic E-state index is 13.2. The maximum absolute atomic E-state index is 13.2. The van der Waals surface area contributed by atoms with Gasteiger partial charge in [-0.3, -0.25) is 9.59 Å². The van der Waals surface area contributed by atoms with Crippen molar-refractivity contribution >= 4 is 11.7 Å². The van der Waals surface area contributed by atoms with Gasteiger partial charge in [0.1, 0.15) is 0 Å². The molecule has 1 fully saturated rings. The summed E-state index contributed by atoms with van der Waals surface area (Å²) >= 11 is 0. The Bertz CT molecular complexity index is 757. The molecule has 3 heteroatoms. The molecule has 1 heterocycles. The summed E-state index contributed by atoms with van der Waals surface area (Å²) in [7, 11) is 0. The molecule has 148 valence electrons. The molecule has 2 atom stereocenters. The number of amides is 1. The van der Waals surface area contributed by atoms with Gasteiger partial charge in [0.15, 0.2) is 5.78 Å². The third-order valence-electron chi connectivity index (χ3n) is 5.79. The van der Waals surface area contributed by atoms with Crippen LogP contribution < -0.4 is 0 Å². The highest BCUT2D eigenvalue weighted by atomic mass is 16.2. The third-order valence-corrected chi connectivity index (χ3v) is 5.79. The summed E-state index contributed by atoms with van der Waals surface area (Å²) in [4.78, 5) is 28.1. The van der Waals surface area contributed by atoms with Crippen molar-refractivity contribution in [2.45, 2.75) is 57.9 Å². The molecular formula is C25H31NO2. The Morgan fingerprint density at radius 1 is 0.929 bits per heavy atom. The van der Waals surface area contributed by atoms with Gasteiger partial charge in [-0.1, -0.05) is 86.8 Å². The van der Waals surface area contributed by atoms with Crippen molar-refractivity contribution < 1.29 is 9.59 Å². The Balaban J connectivity index is 1.72.